The lowest BCUT2D eigenvalue weighted by atomic mass is 9.95. The number of hydrogen-bond donors (Lipinski definition) is 0. The average molecular weight is 443 g/mol. The Balaban J connectivity index is 2.06. The van der Waals surface area contributed by atoms with Gasteiger partial charge in [-0.05, 0) is 24.2 Å². The van der Waals surface area contributed by atoms with Gasteiger partial charge in [-0.15, -0.1) is 0 Å². The molecule has 1 aliphatic heterocycles. The van der Waals surface area contributed by atoms with E-state index in [0.717, 1.165) is 0 Å². The first kappa shape index (κ1) is 22.7. The number of rotatable bonds is 7. The minimum Gasteiger partial charge on any atom is -0.543 e. The predicted octanol–water partition coefficient (Wildman–Crippen LogP) is 5.71. The summed E-state index contributed by atoms with van der Waals surface area (Å²) in [7, 11) is 0.843. The first-order chi connectivity index (χ1) is 14.5. The highest BCUT2D eigenvalue weighted by Crippen LogP contribution is 2.49. The van der Waals surface area contributed by atoms with Crippen molar-refractivity contribution < 1.29 is 28.2 Å². The van der Waals surface area contributed by atoms with Crippen molar-refractivity contribution in [1.82, 2.24) is 0 Å². The molecule has 0 radical (unpaired) electrons. The number of para-hydroxylation sites is 1. The fourth-order valence-corrected chi connectivity index (χ4v) is 4.10. The van der Waals surface area contributed by atoms with Crippen LogP contribution >= 0.6 is 0 Å². The number of carbonyl (C=O) groups excluding carboxylic acids is 1. The highest BCUT2D eigenvalue weighted by atomic mass is 28.4. The van der Waals surface area contributed by atoms with Gasteiger partial charge in [0.05, 0.1) is 14.2 Å². The SMILES string of the molecule is C=C(C(=O)c1c(OC)cc2c(c1OC)OCO2)c1ccccc1O[Si](C)(C)C(C)(C)C. The van der Waals surface area contributed by atoms with Gasteiger partial charge >= 0.3 is 0 Å². The third-order valence-corrected chi connectivity index (χ3v) is 10.2. The zero-order valence-corrected chi connectivity index (χ0v) is 20.3. The highest BCUT2D eigenvalue weighted by Gasteiger charge is 2.40. The van der Waals surface area contributed by atoms with Crippen molar-refractivity contribution in [1.29, 1.82) is 0 Å². The zero-order valence-electron chi connectivity index (χ0n) is 19.3. The summed E-state index contributed by atoms with van der Waals surface area (Å²) in [4.78, 5) is 13.6. The molecule has 2 aromatic carbocycles. The second kappa shape index (κ2) is 8.30. The van der Waals surface area contributed by atoms with Gasteiger partial charge in [0.25, 0.3) is 8.32 Å². The third-order valence-electron chi connectivity index (χ3n) is 5.89. The van der Waals surface area contributed by atoms with E-state index in [4.69, 9.17) is 23.4 Å². The molecule has 0 atom stereocenters. The molecule has 0 saturated heterocycles. The van der Waals surface area contributed by atoms with E-state index in [0.29, 0.717) is 28.6 Å². The molecule has 0 spiro atoms. The van der Waals surface area contributed by atoms with E-state index >= 15 is 0 Å². The maximum Gasteiger partial charge on any atom is 0.250 e. The smallest absolute Gasteiger partial charge is 0.250 e. The van der Waals surface area contributed by atoms with E-state index < -0.39 is 8.32 Å². The molecule has 1 heterocycles. The van der Waals surface area contributed by atoms with Crippen molar-refractivity contribution in [3.8, 4) is 28.7 Å². The molecule has 0 fully saturated rings. The minimum absolute atomic E-state index is 0.00914. The molecule has 3 rings (SSSR count). The van der Waals surface area contributed by atoms with Crippen LogP contribution in [-0.4, -0.2) is 35.1 Å². The standard InChI is InChI=1S/C24H30O6Si/c1-15(16-11-9-10-12-17(16)30-31(7,8)24(2,3)4)21(25)20-18(26-5)13-19-22(23(20)27-6)29-14-28-19/h9-13H,1,14H2,2-8H3. The van der Waals surface area contributed by atoms with Gasteiger partial charge in [-0.2, -0.15) is 0 Å². The first-order valence-corrected chi connectivity index (χ1v) is 13.0. The molecule has 0 amide bonds. The number of Topliss-reactive ketones (excluding diaryl/α,β-unsaturated/α-hetero) is 1. The molecule has 0 saturated carbocycles. The van der Waals surface area contributed by atoms with Crippen LogP contribution in [0.3, 0.4) is 0 Å². The number of allylic oxidation sites excluding steroid dienone is 1. The summed E-state index contributed by atoms with van der Waals surface area (Å²) < 4.78 is 28.5. The molecular weight excluding hydrogens is 412 g/mol. The summed E-state index contributed by atoms with van der Waals surface area (Å²) in [6, 6.07) is 9.10. The Morgan fingerprint density at radius 1 is 1.06 bits per heavy atom. The van der Waals surface area contributed by atoms with Crippen LogP contribution in [0.1, 0.15) is 36.7 Å². The molecule has 7 heteroatoms. The molecule has 0 bridgehead atoms. The van der Waals surface area contributed by atoms with Gasteiger partial charge in [-0.3, -0.25) is 4.79 Å². The van der Waals surface area contributed by atoms with Crippen molar-refractivity contribution in [3.63, 3.8) is 0 Å². The molecule has 0 unspecified atom stereocenters. The Labute approximate surface area is 184 Å². The van der Waals surface area contributed by atoms with Crippen molar-refractivity contribution in [2.24, 2.45) is 0 Å². The van der Waals surface area contributed by atoms with Crippen LogP contribution in [0.5, 0.6) is 28.7 Å². The minimum atomic E-state index is -2.12. The quantitative estimate of drug-likeness (QED) is 0.311. The Morgan fingerprint density at radius 2 is 1.74 bits per heavy atom. The zero-order chi connectivity index (χ0) is 23.0. The van der Waals surface area contributed by atoms with Gasteiger partial charge in [0.2, 0.25) is 18.3 Å². The maximum atomic E-state index is 13.6. The van der Waals surface area contributed by atoms with Gasteiger partial charge in [0.1, 0.15) is 17.1 Å². The Kier molecular flexibility index (Phi) is 6.09. The third kappa shape index (κ3) is 4.14. The van der Waals surface area contributed by atoms with Gasteiger partial charge in [-0.1, -0.05) is 45.5 Å². The van der Waals surface area contributed by atoms with Crippen molar-refractivity contribution in [2.45, 2.75) is 38.9 Å². The molecule has 6 nitrogen and oxygen atoms in total. The molecular formula is C24H30O6Si. The van der Waals surface area contributed by atoms with Crippen molar-refractivity contribution in [2.75, 3.05) is 21.0 Å². The normalized spacial score (nSPS) is 13.0. The second-order valence-corrected chi connectivity index (χ2v) is 13.6. The van der Waals surface area contributed by atoms with Crippen LogP contribution in [0.4, 0.5) is 0 Å². The Morgan fingerprint density at radius 3 is 2.35 bits per heavy atom. The van der Waals surface area contributed by atoms with Gasteiger partial charge in [0.15, 0.2) is 11.5 Å². The van der Waals surface area contributed by atoms with E-state index in [1.54, 1.807) is 6.07 Å². The van der Waals surface area contributed by atoms with Crippen LogP contribution in [0.25, 0.3) is 5.57 Å². The van der Waals surface area contributed by atoms with Gasteiger partial charge in [0, 0.05) is 17.2 Å². The Bertz CT molecular complexity index is 1020. The first-order valence-electron chi connectivity index (χ1n) is 10.1. The maximum absolute atomic E-state index is 13.6. The highest BCUT2D eigenvalue weighted by molar-refractivity contribution is 6.74. The van der Waals surface area contributed by atoms with E-state index in [-0.39, 0.29) is 34.5 Å². The van der Waals surface area contributed by atoms with E-state index in [2.05, 4.69) is 40.4 Å². The fraction of sp³-hybridized carbons (Fsp3) is 0.375. The summed E-state index contributed by atoms with van der Waals surface area (Å²) in [6.45, 7) is 15.0. The second-order valence-electron chi connectivity index (χ2n) is 8.89. The molecule has 0 aromatic heterocycles. The Hall–Kier alpha value is -2.93. The van der Waals surface area contributed by atoms with Gasteiger partial charge < -0.3 is 23.4 Å². The summed E-state index contributed by atoms with van der Waals surface area (Å²) in [5.74, 6) is 1.75. The molecule has 0 aliphatic carbocycles. The van der Waals surface area contributed by atoms with Crippen LogP contribution in [-0.2, 0) is 0 Å². The largest absolute Gasteiger partial charge is 0.543 e. The average Bonchev–Trinajstić information content (AvgIpc) is 3.18. The van der Waals surface area contributed by atoms with E-state index in [1.807, 2.05) is 24.3 Å². The van der Waals surface area contributed by atoms with Crippen LogP contribution in [0, 0.1) is 0 Å². The number of ketones is 1. The summed E-state index contributed by atoms with van der Waals surface area (Å²) in [5, 5.41) is 0.00914. The van der Waals surface area contributed by atoms with E-state index in [9.17, 15) is 4.79 Å². The van der Waals surface area contributed by atoms with Crippen molar-refractivity contribution in [3.05, 3.63) is 48.0 Å². The lowest BCUT2D eigenvalue weighted by molar-refractivity contribution is 0.105. The van der Waals surface area contributed by atoms with Crippen LogP contribution < -0.4 is 23.4 Å². The summed E-state index contributed by atoms with van der Waals surface area (Å²) >= 11 is 0. The van der Waals surface area contributed by atoms with Crippen LogP contribution in [0.2, 0.25) is 18.1 Å². The number of carbonyl (C=O) groups is 1. The topological polar surface area (TPSA) is 63.2 Å². The molecule has 0 N–H and O–H groups in total. The number of benzene rings is 2. The van der Waals surface area contributed by atoms with Crippen LogP contribution in [0.15, 0.2) is 36.9 Å². The molecule has 1 aliphatic rings. The van der Waals surface area contributed by atoms with Crippen molar-refractivity contribution >= 4 is 19.7 Å². The lowest BCUT2D eigenvalue weighted by Gasteiger charge is -2.37. The summed E-state index contributed by atoms with van der Waals surface area (Å²) in [5.41, 5.74) is 1.16. The number of ether oxygens (including phenoxy) is 4. The molecule has 2 aromatic rings. The fourth-order valence-electron chi connectivity index (χ4n) is 3.07. The predicted molar refractivity (Wildman–Crippen MR) is 123 cm³/mol. The molecule has 31 heavy (non-hydrogen) atoms. The van der Waals surface area contributed by atoms with Gasteiger partial charge in [-0.25, -0.2) is 0 Å². The number of fused-ring (bicyclic) bond motifs is 1. The number of methoxy groups -OCH3 is 2. The molecule has 166 valence electrons. The summed E-state index contributed by atoms with van der Waals surface area (Å²) in [6.07, 6.45) is 0. The lowest BCUT2D eigenvalue weighted by Crippen LogP contribution is -2.44. The monoisotopic (exact) mass is 442 g/mol. The number of hydrogen-bond acceptors (Lipinski definition) is 6. The van der Waals surface area contributed by atoms with E-state index in [1.165, 1.54) is 14.2 Å².